The Hall–Kier alpha value is -1.86. The first-order chi connectivity index (χ1) is 12.6. The van der Waals surface area contributed by atoms with Gasteiger partial charge in [0, 0.05) is 56.3 Å². The average Bonchev–Trinajstić information content (AvgIpc) is 2.71. The largest absolute Gasteiger partial charge is 0.339 e. The van der Waals surface area contributed by atoms with Crippen molar-refractivity contribution >= 4 is 28.6 Å². The van der Waals surface area contributed by atoms with Gasteiger partial charge in [-0.25, -0.2) is 4.98 Å². The number of thioether (sulfide) groups is 1. The number of benzene rings is 1. The summed E-state index contributed by atoms with van der Waals surface area (Å²) in [5.74, 6) is 2.49. The predicted octanol–water partition coefficient (Wildman–Crippen LogP) is 1.59. The lowest BCUT2D eigenvalue weighted by Gasteiger charge is -2.40. The van der Waals surface area contributed by atoms with Crippen molar-refractivity contribution in [3.8, 4) is 0 Å². The Bertz CT molecular complexity index is 867. The van der Waals surface area contributed by atoms with Crippen LogP contribution in [0.2, 0.25) is 0 Å². The van der Waals surface area contributed by atoms with Crippen molar-refractivity contribution in [2.75, 3.05) is 37.7 Å². The number of amides is 1. The zero-order valence-electron chi connectivity index (χ0n) is 15.1. The van der Waals surface area contributed by atoms with E-state index in [0.29, 0.717) is 22.5 Å². The van der Waals surface area contributed by atoms with Crippen molar-refractivity contribution < 1.29 is 4.79 Å². The molecular formula is C19H24N4O2S. The van der Waals surface area contributed by atoms with Crippen molar-refractivity contribution in [2.45, 2.75) is 18.9 Å². The molecule has 1 aromatic carbocycles. The molecule has 2 fully saturated rings. The van der Waals surface area contributed by atoms with Gasteiger partial charge in [0.15, 0.2) is 0 Å². The maximum absolute atomic E-state index is 12.9. The summed E-state index contributed by atoms with van der Waals surface area (Å²) in [4.78, 5) is 33.8. The van der Waals surface area contributed by atoms with Crippen molar-refractivity contribution in [2.24, 2.45) is 7.05 Å². The molecule has 2 saturated heterocycles. The van der Waals surface area contributed by atoms with Crippen molar-refractivity contribution in [1.82, 2.24) is 19.4 Å². The van der Waals surface area contributed by atoms with Crippen LogP contribution in [0.25, 0.3) is 10.9 Å². The second-order valence-corrected chi connectivity index (χ2v) is 8.29. The van der Waals surface area contributed by atoms with Gasteiger partial charge in [0.1, 0.15) is 0 Å². The fraction of sp³-hybridized carbons (Fsp3) is 0.526. The zero-order valence-corrected chi connectivity index (χ0v) is 15.9. The highest BCUT2D eigenvalue weighted by Gasteiger charge is 2.28. The number of hydrogen-bond donors (Lipinski definition) is 0. The van der Waals surface area contributed by atoms with Gasteiger partial charge in [0.25, 0.3) is 11.5 Å². The van der Waals surface area contributed by atoms with Crippen LogP contribution in [0.4, 0.5) is 0 Å². The number of rotatable bonds is 2. The van der Waals surface area contributed by atoms with Gasteiger partial charge in [-0.2, -0.15) is 11.8 Å². The Morgan fingerprint density at radius 2 is 1.88 bits per heavy atom. The number of fused-ring (bicyclic) bond motifs is 1. The average molecular weight is 372 g/mol. The summed E-state index contributed by atoms with van der Waals surface area (Å²) in [5, 5.41) is 0.549. The van der Waals surface area contributed by atoms with Crippen LogP contribution in [0.3, 0.4) is 0 Å². The first kappa shape index (κ1) is 17.5. The van der Waals surface area contributed by atoms with Gasteiger partial charge >= 0.3 is 0 Å². The molecule has 0 spiro atoms. The number of piperidine rings is 1. The van der Waals surface area contributed by atoms with Crippen LogP contribution in [0, 0.1) is 0 Å². The lowest BCUT2D eigenvalue weighted by molar-refractivity contribution is 0.0631. The minimum absolute atomic E-state index is 0.0435. The van der Waals surface area contributed by atoms with Crippen LogP contribution in [0.1, 0.15) is 23.2 Å². The minimum atomic E-state index is -0.0884. The molecule has 1 amide bonds. The standard InChI is InChI=1S/C19H24N4O2S/c1-21-13-20-17-12-14(2-3-16(17)19(21)25)18(24)23-6-4-15(5-7-23)22-8-10-26-11-9-22/h2-3,12-13,15H,4-11H2,1H3. The topological polar surface area (TPSA) is 58.4 Å². The summed E-state index contributed by atoms with van der Waals surface area (Å²) < 4.78 is 1.45. The smallest absolute Gasteiger partial charge is 0.260 e. The fourth-order valence-corrected chi connectivity index (χ4v) is 4.83. The molecule has 0 unspecified atom stereocenters. The highest BCUT2D eigenvalue weighted by molar-refractivity contribution is 7.99. The molecule has 1 aromatic heterocycles. The van der Waals surface area contributed by atoms with Crippen molar-refractivity contribution in [3.63, 3.8) is 0 Å². The molecule has 3 heterocycles. The number of carbonyl (C=O) groups excluding carboxylic acids is 1. The van der Waals surface area contributed by atoms with E-state index in [-0.39, 0.29) is 11.5 Å². The maximum atomic E-state index is 12.9. The summed E-state index contributed by atoms with van der Waals surface area (Å²) in [6, 6.07) is 5.83. The van der Waals surface area contributed by atoms with E-state index < -0.39 is 0 Å². The van der Waals surface area contributed by atoms with Crippen molar-refractivity contribution in [1.29, 1.82) is 0 Å². The first-order valence-electron chi connectivity index (χ1n) is 9.20. The maximum Gasteiger partial charge on any atom is 0.260 e. The first-order valence-corrected chi connectivity index (χ1v) is 10.4. The van der Waals surface area contributed by atoms with Crippen LogP contribution < -0.4 is 5.56 Å². The molecule has 2 aliphatic heterocycles. The van der Waals surface area contributed by atoms with Crippen LogP contribution in [-0.2, 0) is 7.05 Å². The molecule has 26 heavy (non-hydrogen) atoms. The molecular weight excluding hydrogens is 348 g/mol. The highest BCUT2D eigenvalue weighted by Crippen LogP contribution is 2.22. The van der Waals surface area contributed by atoms with Gasteiger partial charge in [-0.05, 0) is 31.0 Å². The Morgan fingerprint density at radius 1 is 1.15 bits per heavy atom. The third-order valence-corrected chi connectivity index (χ3v) is 6.42. The summed E-state index contributed by atoms with van der Waals surface area (Å²) in [6.45, 7) is 3.95. The van der Waals surface area contributed by atoms with E-state index in [1.165, 1.54) is 35.5 Å². The van der Waals surface area contributed by atoms with Crippen LogP contribution >= 0.6 is 11.8 Å². The molecule has 0 atom stereocenters. The van der Waals surface area contributed by atoms with E-state index in [4.69, 9.17) is 0 Å². The van der Waals surface area contributed by atoms with Gasteiger partial charge in [-0.1, -0.05) is 0 Å². The van der Waals surface area contributed by atoms with Crippen LogP contribution in [0.5, 0.6) is 0 Å². The molecule has 138 valence electrons. The number of aryl methyl sites for hydroxylation is 1. The number of hydrogen-bond acceptors (Lipinski definition) is 5. The zero-order chi connectivity index (χ0) is 18.1. The third kappa shape index (κ3) is 3.38. The summed E-state index contributed by atoms with van der Waals surface area (Å²) in [5.41, 5.74) is 1.11. The van der Waals surface area contributed by atoms with E-state index in [9.17, 15) is 9.59 Å². The second kappa shape index (κ2) is 7.40. The Kier molecular flexibility index (Phi) is 5.00. The quantitative estimate of drug-likeness (QED) is 0.801. The SMILES string of the molecule is Cn1cnc2cc(C(=O)N3CCC(N4CCSCC4)CC3)ccc2c1=O. The third-order valence-electron chi connectivity index (χ3n) is 5.48. The molecule has 7 heteroatoms. The number of likely N-dealkylation sites (tertiary alicyclic amines) is 1. The summed E-state index contributed by atoms with van der Waals surface area (Å²) >= 11 is 2.03. The van der Waals surface area contributed by atoms with Gasteiger partial charge in [0.05, 0.1) is 17.2 Å². The Labute approximate surface area is 157 Å². The van der Waals surface area contributed by atoms with Gasteiger partial charge in [-0.3, -0.25) is 14.5 Å². The van der Waals surface area contributed by atoms with Gasteiger partial charge in [0.2, 0.25) is 0 Å². The highest BCUT2D eigenvalue weighted by atomic mass is 32.2. The number of aromatic nitrogens is 2. The monoisotopic (exact) mass is 372 g/mol. The molecule has 0 radical (unpaired) electrons. The van der Waals surface area contributed by atoms with E-state index >= 15 is 0 Å². The number of nitrogens with zero attached hydrogens (tertiary/aromatic N) is 4. The Morgan fingerprint density at radius 3 is 2.62 bits per heavy atom. The molecule has 2 aliphatic rings. The lowest BCUT2D eigenvalue weighted by Crippen LogP contribution is -2.49. The van der Waals surface area contributed by atoms with Gasteiger partial charge < -0.3 is 9.47 Å². The van der Waals surface area contributed by atoms with E-state index in [2.05, 4.69) is 9.88 Å². The summed E-state index contributed by atoms with van der Waals surface area (Å²) in [6.07, 6.45) is 3.59. The lowest BCUT2D eigenvalue weighted by atomic mass is 10.0. The molecule has 0 bridgehead atoms. The molecule has 4 rings (SSSR count). The van der Waals surface area contributed by atoms with Crippen LogP contribution in [-0.4, -0.2) is 69.0 Å². The van der Waals surface area contributed by atoms with Crippen LogP contribution in [0.15, 0.2) is 29.3 Å². The predicted molar refractivity (Wildman–Crippen MR) is 105 cm³/mol. The van der Waals surface area contributed by atoms with Gasteiger partial charge in [-0.15, -0.1) is 0 Å². The van der Waals surface area contributed by atoms with E-state index in [1.807, 2.05) is 16.7 Å². The minimum Gasteiger partial charge on any atom is -0.339 e. The fourth-order valence-electron chi connectivity index (χ4n) is 3.90. The molecule has 2 aromatic rings. The second-order valence-electron chi connectivity index (χ2n) is 7.06. The normalized spacial score (nSPS) is 19.8. The summed E-state index contributed by atoms with van der Waals surface area (Å²) in [7, 11) is 1.68. The molecule has 0 aliphatic carbocycles. The van der Waals surface area contributed by atoms with E-state index in [1.54, 1.807) is 25.2 Å². The molecule has 0 saturated carbocycles. The molecule has 0 N–H and O–H groups in total. The Balaban J connectivity index is 1.46. The van der Waals surface area contributed by atoms with E-state index in [0.717, 1.165) is 25.9 Å². The molecule has 6 nitrogen and oxygen atoms in total. The van der Waals surface area contributed by atoms with Crippen molar-refractivity contribution in [3.05, 3.63) is 40.4 Å². The number of carbonyl (C=O) groups is 1.